The van der Waals surface area contributed by atoms with Gasteiger partial charge in [-0.1, -0.05) is 0 Å². The van der Waals surface area contributed by atoms with Gasteiger partial charge in [0.1, 0.15) is 5.78 Å². The minimum Gasteiger partial charge on any atom is -0.349 e. The van der Waals surface area contributed by atoms with Crippen LogP contribution in [0.4, 0.5) is 0 Å². The lowest BCUT2D eigenvalue weighted by Crippen LogP contribution is -2.28. The Labute approximate surface area is 94.8 Å². The molecule has 5 nitrogen and oxygen atoms in total. The fourth-order valence-corrected chi connectivity index (χ4v) is 1.54. The molecule has 1 heterocycles. The van der Waals surface area contributed by atoms with E-state index in [4.69, 9.17) is 0 Å². The van der Waals surface area contributed by atoms with Crippen LogP contribution in [0.15, 0.2) is 6.20 Å². The summed E-state index contributed by atoms with van der Waals surface area (Å²) in [4.78, 5) is 22.2. The minimum atomic E-state index is -0.247. The molecule has 0 radical (unpaired) electrons. The maximum Gasteiger partial charge on any atom is 0.227 e. The number of ketones is 1. The Morgan fingerprint density at radius 3 is 2.62 bits per heavy atom. The van der Waals surface area contributed by atoms with Crippen LogP contribution in [0, 0.1) is 6.92 Å². The van der Waals surface area contributed by atoms with Gasteiger partial charge in [-0.05, 0) is 20.8 Å². The number of nitrogens with zero attached hydrogens (tertiary/aromatic N) is 2. The van der Waals surface area contributed by atoms with Crippen molar-refractivity contribution in [1.82, 2.24) is 15.1 Å². The molecule has 0 fully saturated rings. The Morgan fingerprint density at radius 1 is 1.56 bits per heavy atom. The number of hydrogen-bond acceptors (Lipinski definition) is 3. The molecule has 0 bridgehead atoms. The zero-order valence-electron chi connectivity index (χ0n) is 10.1. The summed E-state index contributed by atoms with van der Waals surface area (Å²) >= 11 is 0. The second-order valence-corrected chi connectivity index (χ2v) is 3.98. The van der Waals surface area contributed by atoms with Crippen LogP contribution in [0.3, 0.4) is 0 Å². The van der Waals surface area contributed by atoms with Crippen molar-refractivity contribution in [1.29, 1.82) is 0 Å². The molecule has 1 aromatic rings. The first kappa shape index (κ1) is 12.4. The molecule has 1 rings (SSSR count). The average Bonchev–Trinajstić information content (AvgIpc) is 2.45. The molecule has 5 heteroatoms. The van der Waals surface area contributed by atoms with E-state index in [1.54, 1.807) is 10.9 Å². The lowest BCUT2D eigenvalue weighted by molar-refractivity contribution is -0.127. The highest BCUT2D eigenvalue weighted by Gasteiger charge is 2.15. The highest BCUT2D eigenvalue weighted by atomic mass is 16.2. The van der Waals surface area contributed by atoms with Gasteiger partial charge in [-0.25, -0.2) is 0 Å². The summed E-state index contributed by atoms with van der Waals surface area (Å²) in [5.74, 6) is -0.379. The highest BCUT2D eigenvalue weighted by molar-refractivity contribution is 5.96. The van der Waals surface area contributed by atoms with E-state index in [0.29, 0.717) is 0 Å². The molecule has 1 unspecified atom stereocenters. The Balaban J connectivity index is 2.65. The van der Waals surface area contributed by atoms with Gasteiger partial charge in [0.25, 0.3) is 0 Å². The topological polar surface area (TPSA) is 64.0 Å². The molecule has 0 saturated heterocycles. The van der Waals surface area contributed by atoms with E-state index in [1.165, 1.54) is 6.92 Å². The Bertz CT molecular complexity index is 409. The van der Waals surface area contributed by atoms with Crippen LogP contribution in [0.1, 0.15) is 37.6 Å². The summed E-state index contributed by atoms with van der Waals surface area (Å²) in [7, 11) is 1.85. The summed E-state index contributed by atoms with van der Waals surface area (Å²) in [6.07, 6.45) is 1.66. The Kier molecular flexibility index (Phi) is 3.82. The largest absolute Gasteiger partial charge is 0.349 e. The summed E-state index contributed by atoms with van der Waals surface area (Å²) in [6, 6.07) is -0.124. The van der Waals surface area contributed by atoms with Crippen molar-refractivity contribution in [2.75, 3.05) is 0 Å². The predicted octanol–water partition coefficient (Wildman–Crippen LogP) is 0.885. The smallest absolute Gasteiger partial charge is 0.227 e. The van der Waals surface area contributed by atoms with Crippen LogP contribution >= 0.6 is 0 Å². The molecule has 1 N–H and O–H groups in total. The van der Waals surface area contributed by atoms with E-state index in [1.807, 2.05) is 20.9 Å². The highest BCUT2D eigenvalue weighted by Crippen LogP contribution is 2.15. The number of nitrogens with one attached hydrogen (secondary N) is 1. The normalized spacial score (nSPS) is 12.2. The third-order valence-electron chi connectivity index (χ3n) is 2.53. The number of carbonyl (C=O) groups excluding carboxylic acids is 2. The quantitative estimate of drug-likeness (QED) is 0.771. The Hall–Kier alpha value is -1.65. The van der Waals surface area contributed by atoms with Crippen LogP contribution in [0.5, 0.6) is 0 Å². The molecule has 1 amide bonds. The zero-order valence-corrected chi connectivity index (χ0v) is 10.1. The molecule has 16 heavy (non-hydrogen) atoms. The summed E-state index contributed by atoms with van der Waals surface area (Å²) in [5, 5.41) is 6.87. The standard InChI is InChI=1S/C11H17N3O2/c1-7(15)5-11(16)13-8(2)10-6-12-14(4)9(10)3/h6,8H,5H2,1-4H3,(H,13,16). The van der Waals surface area contributed by atoms with Gasteiger partial charge in [0.15, 0.2) is 0 Å². The first-order valence-corrected chi connectivity index (χ1v) is 5.19. The molecule has 0 aliphatic rings. The fourth-order valence-electron chi connectivity index (χ4n) is 1.54. The van der Waals surface area contributed by atoms with Gasteiger partial charge in [-0.2, -0.15) is 5.10 Å². The van der Waals surface area contributed by atoms with Crippen molar-refractivity contribution in [3.63, 3.8) is 0 Å². The third kappa shape index (κ3) is 2.92. The second kappa shape index (κ2) is 4.92. The van der Waals surface area contributed by atoms with Gasteiger partial charge in [0.2, 0.25) is 5.91 Å². The minimum absolute atomic E-state index is 0.0658. The van der Waals surface area contributed by atoms with Crippen LogP contribution in [0.2, 0.25) is 0 Å². The molecule has 0 aromatic carbocycles. The molecule has 0 aliphatic heterocycles. The molecule has 1 aromatic heterocycles. The van der Waals surface area contributed by atoms with Gasteiger partial charge in [0, 0.05) is 18.3 Å². The molecule has 0 spiro atoms. The fraction of sp³-hybridized carbons (Fsp3) is 0.545. The van der Waals surface area contributed by atoms with Gasteiger partial charge < -0.3 is 5.32 Å². The van der Waals surface area contributed by atoms with E-state index >= 15 is 0 Å². The first-order chi connectivity index (χ1) is 7.41. The van der Waals surface area contributed by atoms with Crippen LogP contribution in [0.25, 0.3) is 0 Å². The SMILES string of the molecule is CC(=O)CC(=O)NC(C)c1cnn(C)c1C. The van der Waals surface area contributed by atoms with Crippen LogP contribution in [-0.4, -0.2) is 21.5 Å². The van der Waals surface area contributed by atoms with Crippen LogP contribution in [-0.2, 0) is 16.6 Å². The van der Waals surface area contributed by atoms with E-state index in [9.17, 15) is 9.59 Å². The van der Waals surface area contributed by atoms with Gasteiger partial charge >= 0.3 is 0 Å². The number of aromatic nitrogens is 2. The molecule has 0 saturated carbocycles. The molecule has 88 valence electrons. The predicted molar refractivity (Wildman–Crippen MR) is 59.8 cm³/mol. The molecular formula is C11H17N3O2. The van der Waals surface area contributed by atoms with E-state index < -0.39 is 0 Å². The van der Waals surface area contributed by atoms with Gasteiger partial charge in [0.05, 0.1) is 18.7 Å². The monoisotopic (exact) mass is 223 g/mol. The number of hydrogen-bond donors (Lipinski definition) is 1. The number of amides is 1. The maximum absolute atomic E-state index is 11.4. The van der Waals surface area contributed by atoms with Crippen molar-refractivity contribution in [2.24, 2.45) is 7.05 Å². The average molecular weight is 223 g/mol. The van der Waals surface area contributed by atoms with Crippen LogP contribution < -0.4 is 5.32 Å². The van der Waals surface area contributed by atoms with E-state index in [2.05, 4.69) is 10.4 Å². The lowest BCUT2D eigenvalue weighted by atomic mass is 10.1. The first-order valence-electron chi connectivity index (χ1n) is 5.19. The van der Waals surface area contributed by atoms with E-state index in [-0.39, 0.29) is 24.2 Å². The molecule has 0 aliphatic carbocycles. The summed E-state index contributed by atoms with van der Waals surface area (Å²) in [5.41, 5.74) is 1.98. The number of rotatable bonds is 4. The maximum atomic E-state index is 11.4. The second-order valence-electron chi connectivity index (χ2n) is 3.98. The zero-order chi connectivity index (χ0) is 12.3. The number of aryl methyl sites for hydroxylation is 1. The number of Topliss-reactive ketones (excluding diaryl/α,β-unsaturated/α-hetero) is 1. The van der Waals surface area contributed by atoms with Crippen molar-refractivity contribution in [3.05, 3.63) is 17.5 Å². The third-order valence-corrected chi connectivity index (χ3v) is 2.53. The summed E-state index contributed by atoms with van der Waals surface area (Å²) in [6.45, 7) is 5.22. The van der Waals surface area contributed by atoms with Gasteiger partial charge in [-0.3, -0.25) is 14.3 Å². The molecule has 1 atom stereocenters. The van der Waals surface area contributed by atoms with E-state index in [0.717, 1.165) is 11.3 Å². The van der Waals surface area contributed by atoms with Gasteiger partial charge in [-0.15, -0.1) is 0 Å². The van der Waals surface area contributed by atoms with Crippen molar-refractivity contribution < 1.29 is 9.59 Å². The van der Waals surface area contributed by atoms with Crippen molar-refractivity contribution >= 4 is 11.7 Å². The number of carbonyl (C=O) groups is 2. The lowest BCUT2D eigenvalue weighted by Gasteiger charge is -2.13. The Morgan fingerprint density at radius 2 is 2.19 bits per heavy atom. The van der Waals surface area contributed by atoms with Crippen molar-refractivity contribution in [2.45, 2.75) is 33.2 Å². The summed E-state index contributed by atoms with van der Waals surface area (Å²) < 4.78 is 1.75. The van der Waals surface area contributed by atoms with Crippen molar-refractivity contribution in [3.8, 4) is 0 Å². The molecular weight excluding hydrogens is 206 g/mol.